The number of rotatable bonds is 5. The minimum absolute atomic E-state index is 0.0827. The molecule has 4 heteroatoms. The molecule has 0 saturated carbocycles. The highest BCUT2D eigenvalue weighted by atomic mass is 16.5. The van der Waals surface area contributed by atoms with Crippen molar-refractivity contribution in [1.29, 1.82) is 0 Å². The number of Topliss-reactive ketones (excluding diaryl/α,β-unsaturated/α-hetero) is 1. The fraction of sp³-hybridized carbons (Fsp3) is 0.200. The van der Waals surface area contributed by atoms with Crippen LogP contribution in [0.25, 0.3) is 10.9 Å². The maximum Gasteiger partial charge on any atom is 0.374 e. The summed E-state index contributed by atoms with van der Waals surface area (Å²) in [5.74, 6) is -1.52. The highest BCUT2D eigenvalue weighted by Gasteiger charge is 2.26. The number of nitrogens with one attached hydrogen (secondary N) is 1. The van der Waals surface area contributed by atoms with Gasteiger partial charge < -0.3 is 9.72 Å². The summed E-state index contributed by atoms with van der Waals surface area (Å²) in [7, 11) is 1.23. The number of para-hydroxylation sites is 1. The molecular formula is C20H19NO3. The Morgan fingerprint density at radius 3 is 2.42 bits per heavy atom. The van der Waals surface area contributed by atoms with Crippen LogP contribution < -0.4 is 0 Å². The molecule has 3 rings (SSSR count). The third kappa shape index (κ3) is 2.95. The number of ether oxygens (including phenoxy) is 1. The fourth-order valence-corrected chi connectivity index (χ4v) is 3.20. The predicted molar refractivity (Wildman–Crippen MR) is 93.0 cm³/mol. The number of H-pyrrole nitrogens is 1. The number of aromatic nitrogens is 1. The third-order valence-electron chi connectivity index (χ3n) is 4.30. The van der Waals surface area contributed by atoms with E-state index in [0.717, 1.165) is 27.7 Å². The topological polar surface area (TPSA) is 59.2 Å². The quantitative estimate of drug-likeness (QED) is 0.575. The zero-order valence-electron chi connectivity index (χ0n) is 13.7. The molecule has 1 atom stereocenters. The minimum Gasteiger partial charge on any atom is -0.463 e. The number of aromatic amines is 1. The molecule has 1 N–H and O–H groups in total. The van der Waals surface area contributed by atoms with Crippen molar-refractivity contribution in [3.05, 3.63) is 71.4 Å². The number of aryl methyl sites for hydroxylation is 1. The summed E-state index contributed by atoms with van der Waals surface area (Å²) in [5, 5.41) is 1.07. The Kier molecular flexibility index (Phi) is 4.47. The van der Waals surface area contributed by atoms with E-state index in [4.69, 9.17) is 0 Å². The molecule has 3 aromatic rings. The molecule has 0 aliphatic carbocycles. The van der Waals surface area contributed by atoms with E-state index >= 15 is 0 Å². The van der Waals surface area contributed by atoms with Gasteiger partial charge in [0.1, 0.15) is 0 Å². The Bertz CT molecular complexity index is 880. The van der Waals surface area contributed by atoms with Crippen LogP contribution in [-0.4, -0.2) is 23.8 Å². The van der Waals surface area contributed by atoms with Gasteiger partial charge in [0, 0.05) is 28.9 Å². The molecular weight excluding hydrogens is 302 g/mol. The first-order valence-corrected chi connectivity index (χ1v) is 7.85. The van der Waals surface area contributed by atoms with Gasteiger partial charge in [0.05, 0.1) is 7.11 Å². The molecule has 24 heavy (non-hydrogen) atoms. The van der Waals surface area contributed by atoms with Gasteiger partial charge in [0.2, 0.25) is 5.78 Å². The lowest BCUT2D eigenvalue weighted by atomic mass is 9.85. The molecule has 1 unspecified atom stereocenters. The van der Waals surface area contributed by atoms with Gasteiger partial charge in [-0.25, -0.2) is 4.79 Å². The van der Waals surface area contributed by atoms with E-state index in [1.165, 1.54) is 7.11 Å². The summed E-state index contributed by atoms with van der Waals surface area (Å²) in [6.45, 7) is 1.99. The van der Waals surface area contributed by atoms with Gasteiger partial charge in [-0.15, -0.1) is 0 Å². The average molecular weight is 321 g/mol. The first kappa shape index (κ1) is 16.0. The molecule has 0 spiro atoms. The molecule has 0 bridgehead atoms. The number of ketones is 1. The van der Waals surface area contributed by atoms with Crippen LogP contribution in [-0.2, 0) is 14.3 Å². The smallest absolute Gasteiger partial charge is 0.374 e. The second-order valence-electron chi connectivity index (χ2n) is 5.79. The molecule has 122 valence electrons. The second-order valence-corrected chi connectivity index (χ2v) is 5.79. The molecule has 4 nitrogen and oxygen atoms in total. The van der Waals surface area contributed by atoms with Crippen LogP contribution in [0, 0.1) is 6.92 Å². The Morgan fingerprint density at radius 2 is 1.71 bits per heavy atom. The lowest BCUT2D eigenvalue weighted by Gasteiger charge is -2.17. The van der Waals surface area contributed by atoms with Gasteiger partial charge in [-0.05, 0) is 24.1 Å². The van der Waals surface area contributed by atoms with Crippen molar-refractivity contribution in [3.8, 4) is 0 Å². The number of esters is 1. The number of carbonyl (C=O) groups excluding carboxylic acids is 2. The SMILES string of the molecule is COC(=O)C(=O)CC(c1ccccc1)c1c(C)[nH]c2ccccc12. The van der Waals surface area contributed by atoms with Crippen molar-refractivity contribution in [3.63, 3.8) is 0 Å². The van der Waals surface area contributed by atoms with Crippen LogP contribution in [0.1, 0.15) is 29.2 Å². The summed E-state index contributed by atoms with van der Waals surface area (Å²) in [4.78, 5) is 27.2. The van der Waals surface area contributed by atoms with Crippen molar-refractivity contribution in [2.45, 2.75) is 19.3 Å². The summed E-state index contributed by atoms with van der Waals surface area (Å²) < 4.78 is 4.59. The maximum absolute atomic E-state index is 12.2. The van der Waals surface area contributed by atoms with Crippen molar-refractivity contribution >= 4 is 22.7 Å². The van der Waals surface area contributed by atoms with Gasteiger partial charge in [-0.2, -0.15) is 0 Å². The first-order valence-electron chi connectivity index (χ1n) is 7.85. The molecule has 0 fully saturated rings. The number of hydrogen-bond donors (Lipinski definition) is 1. The summed E-state index contributed by atoms with van der Waals surface area (Å²) in [5.41, 5.74) is 4.08. The Hall–Kier alpha value is -2.88. The molecule has 0 saturated heterocycles. The molecule has 0 radical (unpaired) electrons. The van der Waals surface area contributed by atoms with Gasteiger partial charge in [0.25, 0.3) is 0 Å². The molecule has 0 aliphatic heterocycles. The summed E-state index contributed by atoms with van der Waals surface area (Å²) >= 11 is 0. The van der Waals surface area contributed by atoms with Crippen LogP contribution in [0.3, 0.4) is 0 Å². The standard InChI is InChI=1S/C20H19NO3/c1-13-19(15-10-6-7-11-17(15)21-13)16(12-18(22)20(23)24-2)14-8-4-3-5-9-14/h3-11,16,21H,12H2,1-2H3. The minimum atomic E-state index is -0.798. The molecule has 0 aliphatic rings. The molecule has 1 heterocycles. The van der Waals surface area contributed by atoms with Crippen molar-refractivity contribution in [2.75, 3.05) is 7.11 Å². The number of carbonyl (C=O) groups is 2. The van der Waals surface area contributed by atoms with Gasteiger partial charge in [-0.1, -0.05) is 48.5 Å². The first-order chi connectivity index (χ1) is 11.6. The van der Waals surface area contributed by atoms with E-state index in [2.05, 4.69) is 9.72 Å². The van der Waals surface area contributed by atoms with Crippen molar-refractivity contribution < 1.29 is 14.3 Å². The van der Waals surface area contributed by atoms with E-state index in [0.29, 0.717) is 0 Å². The molecule has 2 aromatic carbocycles. The monoisotopic (exact) mass is 321 g/mol. The van der Waals surface area contributed by atoms with E-state index < -0.39 is 11.8 Å². The van der Waals surface area contributed by atoms with Gasteiger partial charge in [0.15, 0.2) is 0 Å². The van der Waals surface area contributed by atoms with E-state index in [1.807, 2.05) is 61.5 Å². The summed E-state index contributed by atoms with van der Waals surface area (Å²) in [6.07, 6.45) is 0.0827. The van der Waals surface area contributed by atoms with E-state index in [1.54, 1.807) is 0 Å². The normalized spacial score (nSPS) is 12.1. The predicted octanol–water partition coefficient (Wildman–Crippen LogP) is 3.74. The van der Waals surface area contributed by atoms with Crippen LogP contribution >= 0.6 is 0 Å². The van der Waals surface area contributed by atoms with Crippen molar-refractivity contribution in [2.24, 2.45) is 0 Å². The van der Waals surface area contributed by atoms with Crippen LogP contribution in [0.5, 0.6) is 0 Å². The fourth-order valence-electron chi connectivity index (χ4n) is 3.20. The molecule has 1 aromatic heterocycles. The third-order valence-corrected chi connectivity index (χ3v) is 4.30. The van der Waals surface area contributed by atoms with Gasteiger partial charge >= 0.3 is 5.97 Å². The van der Waals surface area contributed by atoms with Crippen LogP contribution in [0.4, 0.5) is 0 Å². The zero-order valence-corrected chi connectivity index (χ0v) is 13.7. The number of fused-ring (bicyclic) bond motifs is 1. The number of benzene rings is 2. The highest BCUT2D eigenvalue weighted by molar-refractivity contribution is 6.33. The highest BCUT2D eigenvalue weighted by Crippen LogP contribution is 2.36. The lowest BCUT2D eigenvalue weighted by molar-refractivity contribution is -0.151. The number of hydrogen-bond acceptors (Lipinski definition) is 3. The summed E-state index contributed by atoms with van der Waals surface area (Å²) in [6, 6.07) is 17.8. The van der Waals surface area contributed by atoms with Gasteiger partial charge in [-0.3, -0.25) is 4.79 Å². The zero-order chi connectivity index (χ0) is 17.1. The Labute approximate surface area is 140 Å². The van der Waals surface area contributed by atoms with Crippen LogP contribution in [0.15, 0.2) is 54.6 Å². The van der Waals surface area contributed by atoms with Crippen LogP contribution in [0.2, 0.25) is 0 Å². The number of methoxy groups -OCH3 is 1. The molecule has 0 amide bonds. The van der Waals surface area contributed by atoms with E-state index in [9.17, 15) is 9.59 Å². The maximum atomic E-state index is 12.2. The largest absolute Gasteiger partial charge is 0.463 e. The Morgan fingerprint density at radius 1 is 1.04 bits per heavy atom. The lowest BCUT2D eigenvalue weighted by Crippen LogP contribution is -2.19. The van der Waals surface area contributed by atoms with E-state index in [-0.39, 0.29) is 12.3 Å². The average Bonchev–Trinajstić information content (AvgIpc) is 2.95. The van der Waals surface area contributed by atoms with Crippen molar-refractivity contribution in [1.82, 2.24) is 4.98 Å². The Balaban J connectivity index is 2.12. The second kappa shape index (κ2) is 6.71.